The first kappa shape index (κ1) is 10.6. The summed E-state index contributed by atoms with van der Waals surface area (Å²) in [5, 5.41) is 0. The van der Waals surface area contributed by atoms with Crippen molar-refractivity contribution in [2.45, 2.75) is 20.3 Å². The van der Waals surface area contributed by atoms with Crippen LogP contribution < -0.4 is 0 Å². The Morgan fingerprint density at radius 3 is 2.64 bits per heavy atom. The second kappa shape index (κ2) is 4.70. The van der Waals surface area contributed by atoms with Gasteiger partial charge < -0.3 is 0 Å². The lowest BCUT2D eigenvalue weighted by Crippen LogP contribution is -1.96. The molecule has 0 radical (unpaired) electrons. The minimum absolute atomic E-state index is 0.0493. The molecule has 0 unspecified atom stereocenters. The van der Waals surface area contributed by atoms with E-state index in [0.717, 1.165) is 0 Å². The molecule has 0 aliphatic heterocycles. The van der Waals surface area contributed by atoms with E-state index in [4.69, 9.17) is 0 Å². The maximum Gasteiger partial charge on any atom is 0.158 e. The van der Waals surface area contributed by atoms with Gasteiger partial charge in [-0.25, -0.2) is 4.39 Å². The van der Waals surface area contributed by atoms with E-state index in [1.807, 2.05) is 0 Å². The van der Waals surface area contributed by atoms with Crippen LogP contribution in [0.15, 0.2) is 29.8 Å². The Kier molecular flexibility index (Phi) is 3.57. The van der Waals surface area contributed by atoms with Crippen LogP contribution in [-0.4, -0.2) is 5.78 Å². The molecule has 0 aliphatic carbocycles. The molecule has 0 atom stereocenters. The lowest BCUT2D eigenvalue weighted by molar-refractivity contribution is -0.115. The summed E-state index contributed by atoms with van der Waals surface area (Å²) in [5.74, 6) is -0.246. The number of Topliss-reactive ketones (excluding diaryl/α,β-unsaturated/α-hetero) is 1. The Morgan fingerprint density at radius 2 is 2.07 bits per heavy atom. The first-order chi connectivity index (χ1) is 6.65. The third-order valence-electron chi connectivity index (χ3n) is 2.04. The average Bonchev–Trinajstić information content (AvgIpc) is 2.20. The molecule has 1 rings (SSSR count). The summed E-state index contributed by atoms with van der Waals surface area (Å²) in [7, 11) is 0. The van der Waals surface area contributed by atoms with E-state index in [1.165, 1.54) is 6.07 Å². The van der Waals surface area contributed by atoms with Crippen molar-refractivity contribution >= 4 is 11.9 Å². The normalized spacial score (nSPS) is 11.5. The summed E-state index contributed by atoms with van der Waals surface area (Å²) in [6.45, 7) is 3.50. The van der Waals surface area contributed by atoms with Gasteiger partial charge in [0.15, 0.2) is 5.78 Å². The largest absolute Gasteiger partial charge is 0.295 e. The Labute approximate surface area is 83.3 Å². The van der Waals surface area contributed by atoms with E-state index in [-0.39, 0.29) is 11.6 Å². The van der Waals surface area contributed by atoms with Crippen molar-refractivity contribution in [3.63, 3.8) is 0 Å². The predicted octanol–water partition coefficient (Wildman–Crippen LogP) is 3.21. The number of rotatable bonds is 3. The van der Waals surface area contributed by atoms with Gasteiger partial charge in [0.25, 0.3) is 0 Å². The molecule has 0 spiro atoms. The average molecular weight is 192 g/mol. The Bertz CT molecular complexity index is 366. The van der Waals surface area contributed by atoms with Crippen LogP contribution in [0.3, 0.4) is 0 Å². The molecule has 1 aromatic rings. The molecule has 0 saturated carbocycles. The van der Waals surface area contributed by atoms with Gasteiger partial charge in [-0.3, -0.25) is 4.79 Å². The van der Waals surface area contributed by atoms with Gasteiger partial charge in [-0.15, -0.1) is 0 Å². The predicted molar refractivity (Wildman–Crippen MR) is 55.3 cm³/mol. The fourth-order valence-electron chi connectivity index (χ4n) is 1.18. The molecule has 0 heterocycles. The third kappa shape index (κ3) is 2.52. The zero-order chi connectivity index (χ0) is 10.6. The Hall–Kier alpha value is -1.44. The number of hydrogen-bond donors (Lipinski definition) is 0. The van der Waals surface area contributed by atoms with Gasteiger partial charge in [0.1, 0.15) is 5.82 Å². The number of carbonyl (C=O) groups is 1. The fourth-order valence-corrected chi connectivity index (χ4v) is 1.18. The van der Waals surface area contributed by atoms with Crippen molar-refractivity contribution in [3.8, 4) is 0 Å². The number of hydrogen-bond acceptors (Lipinski definition) is 1. The van der Waals surface area contributed by atoms with Crippen LogP contribution >= 0.6 is 0 Å². The summed E-state index contributed by atoms with van der Waals surface area (Å²) in [6, 6.07) is 6.42. The van der Waals surface area contributed by atoms with E-state index >= 15 is 0 Å². The van der Waals surface area contributed by atoms with Crippen molar-refractivity contribution in [1.29, 1.82) is 0 Å². The summed E-state index contributed by atoms with van der Waals surface area (Å²) in [4.78, 5) is 11.2. The summed E-state index contributed by atoms with van der Waals surface area (Å²) >= 11 is 0. The van der Waals surface area contributed by atoms with Crippen molar-refractivity contribution in [1.82, 2.24) is 0 Å². The van der Waals surface area contributed by atoms with Crippen LogP contribution in [0.5, 0.6) is 0 Å². The lowest BCUT2D eigenvalue weighted by atomic mass is 10.1. The second-order valence-corrected chi connectivity index (χ2v) is 3.13. The molecule has 2 heteroatoms. The number of carbonyl (C=O) groups excluding carboxylic acids is 1. The molecular weight excluding hydrogens is 179 g/mol. The van der Waals surface area contributed by atoms with Crippen LogP contribution in [0.4, 0.5) is 4.39 Å². The highest BCUT2D eigenvalue weighted by Crippen LogP contribution is 2.12. The Balaban J connectivity index is 2.97. The first-order valence-corrected chi connectivity index (χ1v) is 4.61. The van der Waals surface area contributed by atoms with Crippen LogP contribution in [0, 0.1) is 5.82 Å². The quantitative estimate of drug-likeness (QED) is 0.672. The summed E-state index contributed by atoms with van der Waals surface area (Å²) in [6.07, 6.45) is 2.04. The number of halogens is 1. The highest BCUT2D eigenvalue weighted by molar-refractivity contribution is 5.98. The summed E-state index contributed by atoms with van der Waals surface area (Å²) in [5.41, 5.74) is 1.06. The molecule has 0 N–H and O–H groups in total. The molecule has 0 saturated heterocycles. The molecule has 0 aliphatic rings. The zero-order valence-electron chi connectivity index (χ0n) is 8.38. The topological polar surface area (TPSA) is 17.1 Å². The minimum atomic E-state index is -0.296. The number of ketones is 1. The molecule has 0 aromatic heterocycles. The standard InChI is InChI=1S/C12H13FO/c1-3-12(14)9(2)8-10-6-4-5-7-11(10)13/h4-8H,3H2,1-2H3. The van der Waals surface area contributed by atoms with Crippen molar-refractivity contribution in [3.05, 3.63) is 41.2 Å². The van der Waals surface area contributed by atoms with Crippen molar-refractivity contribution in [2.24, 2.45) is 0 Å². The zero-order valence-corrected chi connectivity index (χ0v) is 8.38. The highest BCUT2D eigenvalue weighted by Gasteiger charge is 2.02. The molecule has 1 nitrogen and oxygen atoms in total. The maximum absolute atomic E-state index is 13.2. The molecular formula is C12H13FO. The van der Waals surface area contributed by atoms with Gasteiger partial charge in [-0.05, 0) is 24.6 Å². The van der Waals surface area contributed by atoms with Crippen LogP contribution in [0.1, 0.15) is 25.8 Å². The molecule has 1 aromatic carbocycles. The van der Waals surface area contributed by atoms with Crippen LogP contribution in [0.25, 0.3) is 6.08 Å². The molecule has 0 bridgehead atoms. The number of benzene rings is 1. The monoisotopic (exact) mass is 192 g/mol. The van der Waals surface area contributed by atoms with E-state index < -0.39 is 0 Å². The minimum Gasteiger partial charge on any atom is -0.295 e. The molecule has 14 heavy (non-hydrogen) atoms. The van der Waals surface area contributed by atoms with Gasteiger partial charge in [-0.2, -0.15) is 0 Å². The Morgan fingerprint density at radius 1 is 1.43 bits per heavy atom. The number of allylic oxidation sites excluding steroid dienone is 1. The van der Waals surface area contributed by atoms with E-state index in [0.29, 0.717) is 17.6 Å². The summed E-state index contributed by atoms with van der Waals surface area (Å²) < 4.78 is 13.2. The fraction of sp³-hybridized carbons (Fsp3) is 0.250. The van der Waals surface area contributed by atoms with E-state index in [9.17, 15) is 9.18 Å². The smallest absolute Gasteiger partial charge is 0.158 e. The van der Waals surface area contributed by atoms with Crippen molar-refractivity contribution < 1.29 is 9.18 Å². The second-order valence-electron chi connectivity index (χ2n) is 3.13. The van der Waals surface area contributed by atoms with E-state index in [1.54, 1.807) is 38.1 Å². The third-order valence-corrected chi connectivity index (χ3v) is 2.04. The van der Waals surface area contributed by atoms with Gasteiger partial charge in [0.05, 0.1) is 0 Å². The van der Waals surface area contributed by atoms with Gasteiger partial charge >= 0.3 is 0 Å². The molecule has 0 fully saturated rings. The van der Waals surface area contributed by atoms with Gasteiger partial charge in [0, 0.05) is 12.0 Å². The van der Waals surface area contributed by atoms with E-state index in [2.05, 4.69) is 0 Å². The lowest BCUT2D eigenvalue weighted by Gasteiger charge is -1.99. The van der Waals surface area contributed by atoms with Crippen molar-refractivity contribution in [2.75, 3.05) is 0 Å². The van der Waals surface area contributed by atoms with Crippen LogP contribution in [-0.2, 0) is 4.79 Å². The van der Waals surface area contributed by atoms with Crippen LogP contribution in [0.2, 0.25) is 0 Å². The molecule has 0 amide bonds. The maximum atomic E-state index is 13.2. The SMILES string of the molecule is CCC(=O)C(C)=Cc1ccccc1F. The van der Waals surface area contributed by atoms with Gasteiger partial charge in [0.2, 0.25) is 0 Å². The van der Waals surface area contributed by atoms with Gasteiger partial charge in [-0.1, -0.05) is 25.1 Å². The highest BCUT2D eigenvalue weighted by atomic mass is 19.1. The first-order valence-electron chi connectivity index (χ1n) is 4.61. The molecule has 74 valence electrons.